The van der Waals surface area contributed by atoms with E-state index >= 15 is 0 Å². The summed E-state index contributed by atoms with van der Waals surface area (Å²) in [5.41, 5.74) is 1.14. The Balaban J connectivity index is 2.50. The zero-order valence-electron chi connectivity index (χ0n) is 11.0. The Morgan fingerprint density at radius 2 is 1.65 bits per heavy atom. The number of methoxy groups -OCH3 is 2. The number of ether oxygens (including phenoxy) is 2. The molecule has 0 fully saturated rings. The fraction of sp³-hybridized carbons (Fsp3) is 0.200. The second-order valence-corrected chi connectivity index (χ2v) is 5.40. The molecule has 0 saturated heterocycles. The van der Waals surface area contributed by atoms with Gasteiger partial charge in [0, 0.05) is 16.1 Å². The topological polar surface area (TPSA) is 18.5 Å². The smallest absolute Gasteiger partial charge is 0.163 e. The van der Waals surface area contributed by atoms with Crippen LogP contribution >= 0.6 is 27.5 Å². The quantitative estimate of drug-likeness (QED) is 0.720. The van der Waals surface area contributed by atoms with Crippen molar-refractivity contribution in [3.8, 4) is 11.5 Å². The number of benzene rings is 2. The van der Waals surface area contributed by atoms with Gasteiger partial charge in [-0.3, -0.25) is 0 Å². The first-order valence-corrected chi connectivity index (χ1v) is 7.11. The summed E-state index contributed by atoms with van der Waals surface area (Å²) in [4.78, 5) is 0. The van der Waals surface area contributed by atoms with Crippen molar-refractivity contribution in [3.05, 3.63) is 57.8 Å². The fourth-order valence-electron chi connectivity index (χ4n) is 1.91. The van der Waals surface area contributed by atoms with Crippen molar-refractivity contribution < 1.29 is 13.9 Å². The summed E-state index contributed by atoms with van der Waals surface area (Å²) in [6, 6.07) is 10.3. The standard InChI is InChI=1S/C15H13BrClFO2/c1-19-13-7-10(12(18)8-14(13)20-2)15(17)9-5-3-4-6-11(9)16/h3-8,15H,1-2H3. The highest BCUT2D eigenvalue weighted by Gasteiger charge is 2.20. The van der Waals surface area contributed by atoms with Crippen LogP contribution < -0.4 is 9.47 Å². The van der Waals surface area contributed by atoms with Gasteiger partial charge in [0.25, 0.3) is 0 Å². The molecule has 0 aliphatic heterocycles. The summed E-state index contributed by atoms with van der Waals surface area (Å²) in [7, 11) is 2.96. The Bertz CT molecular complexity index is 619. The minimum absolute atomic E-state index is 0.338. The molecule has 2 nitrogen and oxygen atoms in total. The monoisotopic (exact) mass is 358 g/mol. The van der Waals surface area contributed by atoms with Crippen LogP contribution in [0.2, 0.25) is 0 Å². The first-order chi connectivity index (χ1) is 9.58. The molecule has 2 rings (SSSR count). The fourth-order valence-corrected chi connectivity index (χ4v) is 2.92. The lowest BCUT2D eigenvalue weighted by Crippen LogP contribution is -2.01. The molecule has 0 radical (unpaired) electrons. The molecule has 0 aliphatic rings. The van der Waals surface area contributed by atoms with E-state index in [0.717, 1.165) is 10.0 Å². The summed E-state index contributed by atoms with van der Waals surface area (Å²) >= 11 is 9.82. The second-order valence-electron chi connectivity index (χ2n) is 4.11. The lowest BCUT2D eigenvalue weighted by molar-refractivity contribution is 0.351. The lowest BCUT2D eigenvalue weighted by atomic mass is 10.0. The van der Waals surface area contributed by atoms with Gasteiger partial charge in [0.2, 0.25) is 0 Å². The molecular weight excluding hydrogens is 347 g/mol. The molecule has 0 amide bonds. The third-order valence-electron chi connectivity index (χ3n) is 2.95. The highest BCUT2D eigenvalue weighted by atomic mass is 79.9. The van der Waals surface area contributed by atoms with Crippen molar-refractivity contribution in [1.29, 1.82) is 0 Å². The van der Waals surface area contributed by atoms with Gasteiger partial charge in [0.1, 0.15) is 5.82 Å². The van der Waals surface area contributed by atoms with E-state index in [1.54, 1.807) is 6.07 Å². The predicted octanol–water partition coefficient (Wildman–Crippen LogP) is 4.93. The van der Waals surface area contributed by atoms with Crippen LogP contribution in [0.1, 0.15) is 16.5 Å². The maximum Gasteiger partial charge on any atom is 0.163 e. The van der Waals surface area contributed by atoms with Crippen LogP contribution in [0.5, 0.6) is 11.5 Å². The summed E-state index contributed by atoms with van der Waals surface area (Å²) < 4.78 is 25.3. The molecule has 0 aromatic heterocycles. The molecule has 2 aromatic carbocycles. The predicted molar refractivity (Wildman–Crippen MR) is 81.3 cm³/mol. The molecular formula is C15H13BrClFO2. The van der Waals surface area contributed by atoms with E-state index in [1.165, 1.54) is 20.3 Å². The highest BCUT2D eigenvalue weighted by Crippen LogP contribution is 2.39. The van der Waals surface area contributed by atoms with Crippen LogP contribution in [-0.2, 0) is 0 Å². The summed E-state index contributed by atoms with van der Waals surface area (Å²) in [5.74, 6) is 0.352. The van der Waals surface area contributed by atoms with Gasteiger partial charge in [0.05, 0.1) is 19.6 Å². The van der Waals surface area contributed by atoms with Crippen molar-refractivity contribution >= 4 is 27.5 Å². The van der Waals surface area contributed by atoms with Crippen LogP contribution in [0.4, 0.5) is 4.39 Å². The molecule has 20 heavy (non-hydrogen) atoms. The van der Waals surface area contributed by atoms with Gasteiger partial charge in [-0.2, -0.15) is 0 Å². The number of alkyl halides is 1. The molecule has 0 aliphatic carbocycles. The van der Waals surface area contributed by atoms with Crippen molar-refractivity contribution in [2.24, 2.45) is 0 Å². The molecule has 0 heterocycles. The van der Waals surface area contributed by atoms with Gasteiger partial charge in [0.15, 0.2) is 11.5 Å². The van der Waals surface area contributed by atoms with Gasteiger partial charge in [-0.15, -0.1) is 11.6 Å². The van der Waals surface area contributed by atoms with E-state index < -0.39 is 11.2 Å². The first-order valence-electron chi connectivity index (χ1n) is 5.88. The van der Waals surface area contributed by atoms with E-state index in [9.17, 15) is 4.39 Å². The van der Waals surface area contributed by atoms with E-state index in [2.05, 4.69) is 15.9 Å². The number of halogens is 3. The van der Waals surface area contributed by atoms with Gasteiger partial charge >= 0.3 is 0 Å². The molecule has 0 saturated carbocycles. The Morgan fingerprint density at radius 1 is 1.05 bits per heavy atom. The maximum atomic E-state index is 14.2. The molecule has 106 valence electrons. The minimum Gasteiger partial charge on any atom is -0.493 e. The number of hydrogen-bond acceptors (Lipinski definition) is 2. The van der Waals surface area contributed by atoms with Gasteiger partial charge < -0.3 is 9.47 Å². The zero-order valence-corrected chi connectivity index (χ0v) is 13.3. The van der Waals surface area contributed by atoms with Crippen LogP contribution in [-0.4, -0.2) is 14.2 Å². The second kappa shape index (κ2) is 6.46. The molecule has 1 atom stereocenters. The van der Waals surface area contributed by atoms with Crippen molar-refractivity contribution in [2.45, 2.75) is 5.38 Å². The number of hydrogen-bond donors (Lipinski definition) is 0. The average molecular weight is 360 g/mol. The summed E-state index contributed by atoms with van der Waals surface area (Å²) in [5, 5.41) is -0.620. The van der Waals surface area contributed by atoms with Gasteiger partial charge in [-0.25, -0.2) is 4.39 Å². The SMILES string of the molecule is COc1cc(F)c(C(Cl)c2ccccc2Br)cc1OC. The van der Waals surface area contributed by atoms with E-state index in [1.807, 2.05) is 24.3 Å². The molecule has 2 aromatic rings. The van der Waals surface area contributed by atoms with Crippen molar-refractivity contribution in [1.82, 2.24) is 0 Å². The zero-order chi connectivity index (χ0) is 14.7. The van der Waals surface area contributed by atoms with E-state index in [0.29, 0.717) is 17.1 Å². The van der Waals surface area contributed by atoms with Crippen LogP contribution in [0.15, 0.2) is 40.9 Å². The first kappa shape index (κ1) is 15.1. The molecule has 0 bridgehead atoms. The Hall–Kier alpha value is -1.26. The van der Waals surface area contributed by atoms with E-state index in [-0.39, 0.29) is 0 Å². The largest absolute Gasteiger partial charge is 0.493 e. The Kier molecular flexibility index (Phi) is 4.89. The highest BCUT2D eigenvalue weighted by molar-refractivity contribution is 9.10. The molecule has 0 N–H and O–H groups in total. The Morgan fingerprint density at radius 3 is 2.25 bits per heavy atom. The Labute approximate surface area is 130 Å². The molecule has 1 unspecified atom stereocenters. The van der Waals surface area contributed by atoms with E-state index in [4.69, 9.17) is 21.1 Å². The third-order valence-corrected chi connectivity index (χ3v) is 4.15. The van der Waals surface area contributed by atoms with Crippen molar-refractivity contribution in [2.75, 3.05) is 14.2 Å². The maximum absolute atomic E-state index is 14.2. The lowest BCUT2D eigenvalue weighted by Gasteiger charge is -2.16. The third kappa shape index (κ3) is 2.91. The molecule has 0 spiro atoms. The average Bonchev–Trinajstić information content (AvgIpc) is 2.46. The summed E-state index contributed by atoms with van der Waals surface area (Å²) in [6.07, 6.45) is 0. The minimum atomic E-state index is -0.620. The summed E-state index contributed by atoms with van der Waals surface area (Å²) in [6.45, 7) is 0. The van der Waals surface area contributed by atoms with Crippen LogP contribution in [0.3, 0.4) is 0 Å². The molecule has 5 heteroatoms. The van der Waals surface area contributed by atoms with Crippen LogP contribution in [0, 0.1) is 5.82 Å². The normalized spacial score (nSPS) is 12.1. The van der Waals surface area contributed by atoms with Crippen molar-refractivity contribution in [3.63, 3.8) is 0 Å². The number of rotatable bonds is 4. The van der Waals surface area contributed by atoms with Gasteiger partial charge in [-0.05, 0) is 17.7 Å². The van der Waals surface area contributed by atoms with Gasteiger partial charge in [-0.1, -0.05) is 34.1 Å². The van der Waals surface area contributed by atoms with Crippen LogP contribution in [0.25, 0.3) is 0 Å².